The molecule has 0 aliphatic heterocycles. The molecule has 0 unspecified atom stereocenters. The quantitative estimate of drug-likeness (QED) is 0.603. The molecule has 1 N–H and O–H groups in total. The molecule has 0 fully saturated rings. The monoisotopic (exact) mass is 363 g/mol. The fourth-order valence-electron chi connectivity index (χ4n) is 2.42. The van der Waals surface area contributed by atoms with Gasteiger partial charge in [0, 0.05) is 11.3 Å². The van der Waals surface area contributed by atoms with Gasteiger partial charge in [-0.1, -0.05) is 18.2 Å². The van der Waals surface area contributed by atoms with Gasteiger partial charge in [0.05, 0.1) is 7.11 Å². The predicted molar refractivity (Wildman–Crippen MR) is 105 cm³/mol. The van der Waals surface area contributed by atoms with E-state index in [0.29, 0.717) is 36.0 Å². The smallest absolute Gasteiger partial charge is 0.255 e. The largest absolute Gasteiger partial charge is 0.497 e. The van der Waals surface area contributed by atoms with E-state index in [1.807, 2.05) is 42.5 Å². The van der Waals surface area contributed by atoms with Crippen LogP contribution in [-0.4, -0.2) is 26.2 Å². The topological polar surface area (TPSA) is 56.8 Å². The fourth-order valence-corrected chi connectivity index (χ4v) is 2.42. The second-order valence-electron chi connectivity index (χ2n) is 5.72. The van der Waals surface area contributed by atoms with Crippen LogP contribution in [0.5, 0.6) is 17.2 Å². The molecule has 0 aromatic heterocycles. The van der Waals surface area contributed by atoms with Crippen molar-refractivity contribution in [3.8, 4) is 17.2 Å². The molecule has 3 aromatic rings. The van der Waals surface area contributed by atoms with Crippen LogP contribution in [0, 0.1) is 0 Å². The van der Waals surface area contributed by atoms with Gasteiger partial charge in [0.15, 0.2) is 0 Å². The van der Waals surface area contributed by atoms with Gasteiger partial charge >= 0.3 is 0 Å². The first-order valence-electron chi connectivity index (χ1n) is 8.61. The van der Waals surface area contributed by atoms with Gasteiger partial charge in [-0.15, -0.1) is 0 Å². The Bertz CT molecular complexity index is 846. The van der Waals surface area contributed by atoms with E-state index in [4.69, 9.17) is 14.2 Å². The number of carbonyl (C=O) groups excluding carboxylic acids is 1. The third-order valence-electron chi connectivity index (χ3n) is 3.83. The first-order valence-corrected chi connectivity index (χ1v) is 8.61. The zero-order valence-electron chi connectivity index (χ0n) is 15.1. The number of ether oxygens (including phenoxy) is 3. The summed E-state index contributed by atoms with van der Waals surface area (Å²) in [6.45, 7) is 0.895. The van der Waals surface area contributed by atoms with E-state index in [0.717, 1.165) is 5.75 Å². The molecule has 5 heteroatoms. The Kier molecular flexibility index (Phi) is 6.30. The van der Waals surface area contributed by atoms with Crippen molar-refractivity contribution in [2.24, 2.45) is 0 Å². The van der Waals surface area contributed by atoms with Crippen LogP contribution in [0.1, 0.15) is 10.4 Å². The van der Waals surface area contributed by atoms with E-state index in [-0.39, 0.29) is 5.91 Å². The van der Waals surface area contributed by atoms with Gasteiger partial charge in [-0.3, -0.25) is 4.79 Å². The Labute approximate surface area is 158 Å². The molecule has 0 heterocycles. The molecule has 138 valence electrons. The van der Waals surface area contributed by atoms with E-state index >= 15 is 0 Å². The summed E-state index contributed by atoms with van der Waals surface area (Å²) in [5.74, 6) is 2.07. The lowest BCUT2D eigenvalue weighted by Crippen LogP contribution is -2.12. The highest BCUT2D eigenvalue weighted by molar-refractivity contribution is 6.04. The molecule has 0 aliphatic rings. The molecule has 0 saturated heterocycles. The van der Waals surface area contributed by atoms with Crippen LogP contribution in [0.25, 0.3) is 0 Å². The number of para-hydroxylation sites is 1. The number of methoxy groups -OCH3 is 1. The van der Waals surface area contributed by atoms with Gasteiger partial charge < -0.3 is 19.5 Å². The van der Waals surface area contributed by atoms with E-state index in [1.165, 1.54) is 0 Å². The van der Waals surface area contributed by atoms with Crippen LogP contribution in [0.2, 0.25) is 0 Å². The average Bonchev–Trinajstić information content (AvgIpc) is 2.73. The van der Waals surface area contributed by atoms with E-state index in [2.05, 4.69) is 5.32 Å². The molecule has 0 radical (unpaired) electrons. The van der Waals surface area contributed by atoms with E-state index in [9.17, 15) is 4.79 Å². The minimum absolute atomic E-state index is 0.178. The maximum absolute atomic E-state index is 12.2. The number of carbonyl (C=O) groups is 1. The number of nitrogens with one attached hydrogen (secondary N) is 1. The average molecular weight is 363 g/mol. The highest BCUT2D eigenvalue weighted by atomic mass is 16.5. The van der Waals surface area contributed by atoms with Gasteiger partial charge in [-0.05, 0) is 60.7 Å². The Hall–Kier alpha value is -3.47. The molecule has 3 rings (SSSR count). The van der Waals surface area contributed by atoms with Crippen LogP contribution in [0.4, 0.5) is 5.69 Å². The number of hydrogen-bond acceptors (Lipinski definition) is 4. The summed E-state index contributed by atoms with van der Waals surface area (Å²) < 4.78 is 16.3. The van der Waals surface area contributed by atoms with Crippen molar-refractivity contribution in [2.45, 2.75) is 0 Å². The molecule has 0 spiro atoms. The van der Waals surface area contributed by atoms with Crippen LogP contribution in [-0.2, 0) is 0 Å². The van der Waals surface area contributed by atoms with Crippen molar-refractivity contribution < 1.29 is 19.0 Å². The lowest BCUT2D eigenvalue weighted by molar-refractivity contribution is 0.102. The first kappa shape index (κ1) is 18.3. The Morgan fingerprint density at radius 3 is 1.89 bits per heavy atom. The molecule has 0 saturated carbocycles. The molecule has 1 amide bonds. The minimum atomic E-state index is -0.178. The fraction of sp³-hybridized carbons (Fsp3) is 0.136. The number of hydrogen-bond donors (Lipinski definition) is 1. The molecule has 0 bridgehead atoms. The van der Waals surface area contributed by atoms with Crippen LogP contribution in [0.15, 0.2) is 78.9 Å². The van der Waals surface area contributed by atoms with Crippen LogP contribution in [0.3, 0.4) is 0 Å². The zero-order valence-corrected chi connectivity index (χ0v) is 15.1. The molecule has 0 aliphatic carbocycles. The van der Waals surface area contributed by atoms with E-state index in [1.54, 1.807) is 43.5 Å². The number of rotatable bonds is 8. The predicted octanol–water partition coefficient (Wildman–Crippen LogP) is 4.41. The maximum atomic E-state index is 12.2. The standard InChI is InChI=1S/C22H21NO4/c1-25-19-11-7-17(8-12-19)22(24)23-18-9-13-21(14-10-18)27-16-15-26-20-5-3-2-4-6-20/h2-14H,15-16H2,1H3,(H,23,24). The van der Waals surface area contributed by atoms with Crippen LogP contribution >= 0.6 is 0 Å². The molecular formula is C22H21NO4. The highest BCUT2D eigenvalue weighted by Gasteiger charge is 2.06. The summed E-state index contributed by atoms with van der Waals surface area (Å²) in [6.07, 6.45) is 0. The molecule has 27 heavy (non-hydrogen) atoms. The summed E-state index contributed by atoms with van der Waals surface area (Å²) in [5, 5.41) is 2.85. The molecule has 0 atom stereocenters. The van der Waals surface area contributed by atoms with E-state index < -0.39 is 0 Å². The van der Waals surface area contributed by atoms with Crippen LogP contribution < -0.4 is 19.5 Å². The van der Waals surface area contributed by atoms with Gasteiger partial charge in [-0.25, -0.2) is 0 Å². The SMILES string of the molecule is COc1ccc(C(=O)Nc2ccc(OCCOc3ccccc3)cc2)cc1. The normalized spacial score (nSPS) is 10.1. The summed E-state index contributed by atoms with van der Waals surface area (Å²) in [5.41, 5.74) is 1.26. The molecule has 5 nitrogen and oxygen atoms in total. The number of amides is 1. The Balaban J connectivity index is 1.45. The van der Waals surface area contributed by atoms with Gasteiger partial charge in [0.2, 0.25) is 0 Å². The van der Waals surface area contributed by atoms with Gasteiger partial charge in [-0.2, -0.15) is 0 Å². The lowest BCUT2D eigenvalue weighted by atomic mass is 10.2. The summed E-state index contributed by atoms with van der Waals surface area (Å²) in [4.78, 5) is 12.2. The van der Waals surface area contributed by atoms with Gasteiger partial charge in [0.25, 0.3) is 5.91 Å². The third-order valence-corrected chi connectivity index (χ3v) is 3.83. The Morgan fingerprint density at radius 2 is 1.30 bits per heavy atom. The summed E-state index contributed by atoms with van der Waals surface area (Å²) >= 11 is 0. The maximum Gasteiger partial charge on any atom is 0.255 e. The highest BCUT2D eigenvalue weighted by Crippen LogP contribution is 2.18. The van der Waals surface area contributed by atoms with Crippen molar-refractivity contribution >= 4 is 11.6 Å². The first-order chi connectivity index (χ1) is 13.2. The zero-order chi connectivity index (χ0) is 18.9. The number of benzene rings is 3. The Morgan fingerprint density at radius 1 is 0.741 bits per heavy atom. The molecular weight excluding hydrogens is 342 g/mol. The van der Waals surface area contributed by atoms with Crippen molar-refractivity contribution in [2.75, 3.05) is 25.6 Å². The number of anilines is 1. The van der Waals surface area contributed by atoms with Crippen molar-refractivity contribution in [3.05, 3.63) is 84.4 Å². The summed E-state index contributed by atoms with van der Waals surface area (Å²) in [6, 6.07) is 23.8. The third kappa shape index (κ3) is 5.51. The molecule has 3 aromatic carbocycles. The van der Waals surface area contributed by atoms with Crippen molar-refractivity contribution in [3.63, 3.8) is 0 Å². The minimum Gasteiger partial charge on any atom is -0.497 e. The second-order valence-corrected chi connectivity index (χ2v) is 5.72. The van der Waals surface area contributed by atoms with Crippen molar-refractivity contribution in [1.82, 2.24) is 0 Å². The van der Waals surface area contributed by atoms with Crippen molar-refractivity contribution in [1.29, 1.82) is 0 Å². The summed E-state index contributed by atoms with van der Waals surface area (Å²) in [7, 11) is 1.59. The second kappa shape index (κ2) is 9.29. The lowest BCUT2D eigenvalue weighted by Gasteiger charge is -2.10. The van der Waals surface area contributed by atoms with Gasteiger partial charge in [0.1, 0.15) is 30.5 Å².